The average Bonchev–Trinajstić information content (AvgIpc) is 2.29. The lowest BCUT2D eigenvalue weighted by Gasteiger charge is -2.40. The molecule has 0 amide bonds. The lowest BCUT2D eigenvalue weighted by atomic mass is 9.64. The van der Waals surface area contributed by atoms with Gasteiger partial charge in [0.25, 0.3) is 0 Å². The van der Waals surface area contributed by atoms with Gasteiger partial charge in [-0.05, 0) is 35.8 Å². The van der Waals surface area contributed by atoms with Crippen LogP contribution in [0.25, 0.3) is 0 Å². The molecule has 0 aliphatic carbocycles. The highest BCUT2D eigenvalue weighted by Gasteiger charge is 2.37. The summed E-state index contributed by atoms with van der Waals surface area (Å²) in [6, 6.07) is 3.96. The highest BCUT2D eigenvalue weighted by Crippen LogP contribution is 2.47. The zero-order valence-corrected chi connectivity index (χ0v) is 14.3. The molecule has 0 atom stereocenters. The Morgan fingerprint density at radius 2 is 1.65 bits per heavy atom. The Bertz CT molecular complexity index is 465. The number of hydrogen-bond acceptors (Lipinski definition) is 2. The van der Waals surface area contributed by atoms with Crippen LogP contribution in [0.15, 0.2) is 12.1 Å². The van der Waals surface area contributed by atoms with E-state index in [4.69, 9.17) is 4.74 Å². The minimum Gasteiger partial charge on any atom is -0.507 e. The number of phenols is 1. The van der Waals surface area contributed by atoms with Gasteiger partial charge in [-0.1, -0.05) is 48.5 Å². The minimum atomic E-state index is -0.145. The van der Waals surface area contributed by atoms with Crippen molar-refractivity contribution in [1.82, 2.24) is 0 Å². The molecule has 0 fully saturated rings. The summed E-state index contributed by atoms with van der Waals surface area (Å²) in [6.45, 7) is 17.8. The molecule has 0 aliphatic heterocycles. The van der Waals surface area contributed by atoms with Crippen LogP contribution in [0.3, 0.4) is 0 Å². The topological polar surface area (TPSA) is 29.5 Å². The quantitative estimate of drug-likeness (QED) is 0.816. The van der Waals surface area contributed by atoms with Gasteiger partial charge in [0.15, 0.2) is 0 Å². The van der Waals surface area contributed by atoms with Gasteiger partial charge in [0.05, 0.1) is 6.61 Å². The second-order valence-corrected chi connectivity index (χ2v) is 7.37. The van der Waals surface area contributed by atoms with Gasteiger partial charge in [-0.15, -0.1) is 0 Å². The second-order valence-electron chi connectivity index (χ2n) is 7.37. The van der Waals surface area contributed by atoms with E-state index in [9.17, 15) is 5.11 Å². The molecule has 0 spiro atoms. The van der Waals surface area contributed by atoms with Crippen molar-refractivity contribution in [3.8, 4) is 11.5 Å². The maximum atomic E-state index is 10.7. The molecular formula is C18H30O2. The van der Waals surface area contributed by atoms with Gasteiger partial charge in [0.1, 0.15) is 11.5 Å². The number of aromatic hydroxyl groups is 1. The maximum Gasteiger partial charge on any atom is 0.123 e. The van der Waals surface area contributed by atoms with Crippen LogP contribution in [0.2, 0.25) is 0 Å². The van der Waals surface area contributed by atoms with E-state index in [1.54, 1.807) is 0 Å². The highest BCUT2D eigenvalue weighted by atomic mass is 16.5. The van der Waals surface area contributed by atoms with Gasteiger partial charge in [0.2, 0.25) is 0 Å². The first kappa shape index (κ1) is 16.9. The summed E-state index contributed by atoms with van der Waals surface area (Å²) in [6.07, 6.45) is 0. The maximum absolute atomic E-state index is 10.7. The van der Waals surface area contributed by atoms with Crippen LogP contribution in [0.4, 0.5) is 0 Å². The smallest absolute Gasteiger partial charge is 0.123 e. The first-order valence-corrected chi connectivity index (χ1v) is 7.52. The summed E-state index contributed by atoms with van der Waals surface area (Å²) in [4.78, 5) is 0. The SMILES string of the molecule is CCOc1cc(C(C)C)c(O)c(C(C)(C)C(C)(C)C)c1. The van der Waals surface area contributed by atoms with Crippen molar-refractivity contribution in [2.45, 2.75) is 66.7 Å². The van der Waals surface area contributed by atoms with Crippen LogP contribution in [0.1, 0.15) is 72.4 Å². The summed E-state index contributed by atoms with van der Waals surface area (Å²) >= 11 is 0. The zero-order chi connectivity index (χ0) is 15.7. The lowest BCUT2D eigenvalue weighted by molar-refractivity contribution is 0.218. The molecule has 0 unspecified atom stereocenters. The van der Waals surface area contributed by atoms with Crippen molar-refractivity contribution in [2.75, 3.05) is 6.61 Å². The Kier molecular flexibility index (Phi) is 4.78. The number of ether oxygens (including phenoxy) is 1. The number of hydrogen-bond donors (Lipinski definition) is 1. The van der Waals surface area contributed by atoms with E-state index >= 15 is 0 Å². The molecule has 2 nitrogen and oxygen atoms in total. The average molecular weight is 278 g/mol. The van der Waals surface area contributed by atoms with Crippen LogP contribution in [0, 0.1) is 5.41 Å². The Hall–Kier alpha value is -1.18. The molecule has 1 aromatic rings. The Morgan fingerprint density at radius 3 is 2.05 bits per heavy atom. The molecule has 0 bridgehead atoms. The molecule has 2 heteroatoms. The van der Waals surface area contributed by atoms with E-state index in [-0.39, 0.29) is 16.7 Å². The van der Waals surface area contributed by atoms with Crippen molar-refractivity contribution in [1.29, 1.82) is 0 Å². The third-order valence-electron chi connectivity index (χ3n) is 4.59. The van der Waals surface area contributed by atoms with Gasteiger partial charge in [-0.25, -0.2) is 0 Å². The van der Waals surface area contributed by atoms with Crippen molar-refractivity contribution in [3.63, 3.8) is 0 Å². The van der Waals surface area contributed by atoms with E-state index in [0.717, 1.165) is 16.9 Å². The predicted molar refractivity (Wildman–Crippen MR) is 85.8 cm³/mol. The van der Waals surface area contributed by atoms with Crippen molar-refractivity contribution in [3.05, 3.63) is 23.3 Å². The molecule has 1 aromatic carbocycles. The summed E-state index contributed by atoms with van der Waals surface area (Å²) in [7, 11) is 0. The van der Waals surface area contributed by atoms with Gasteiger partial charge in [0, 0.05) is 11.1 Å². The van der Waals surface area contributed by atoms with E-state index in [1.165, 1.54) is 0 Å². The molecule has 0 aromatic heterocycles. The molecule has 0 saturated heterocycles. The number of phenolic OH excluding ortho intramolecular Hbond substituents is 1. The predicted octanol–water partition coefficient (Wildman–Crippen LogP) is 5.24. The zero-order valence-electron chi connectivity index (χ0n) is 14.3. The van der Waals surface area contributed by atoms with Crippen LogP contribution in [0.5, 0.6) is 11.5 Å². The summed E-state index contributed by atoms with van der Waals surface area (Å²) in [5.41, 5.74) is 1.83. The van der Waals surface area contributed by atoms with Crippen LogP contribution in [-0.4, -0.2) is 11.7 Å². The van der Waals surface area contributed by atoms with Crippen molar-refractivity contribution in [2.24, 2.45) is 5.41 Å². The van der Waals surface area contributed by atoms with E-state index in [2.05, 4.69) is 48.5 Å². The molecule has 0 saturated carbocycles. The normalized spacial score (nSPS) is 12.8. The molecule has 1 N–H and O–H groups in total. The third kappa shape index (κ3) is 3.11. The number of benzene rings is 1. The Labute approximate surface area is 124 Å². The van der Waals surface area contributed by atoms with Gasteiger partial charge in [-0.3, -0.25) is 0 Å². The van der Waals surface area contributed by atoms with E-state index < -0.39 is 0 Å². The van der Waals surface area contributed by atoms with Crippen LogP contribution >= 0.6 is 0 Å². The van der Waals surface area contributed by atoms with Crippen LogP contribution < -0.4 is 4.74 Å². The molecule has 0 aliphatic rings. The monoisotopic (exact) mass is 278 g/mol. The van der Waals surface area contributed by atoms with Gasteiger partial charge < -0.3 is 9.84 Å². The van der Waals surface area contributed by atoms with Crippen LogP contribution in [-0.2, 0) is 5.41 Å². The summed E-state index contributed by atoms with van der Waals surface area (Å²) < 4.78 is 5.69. The fraction of sp³-hybridized carbons (Fsp3) is 0.667. The van der Waals surface area contributed by atoms with E-state index in [0.29, 0.717) is 12.4 Å². The lowest BCUT2D eigenvalue weighted by Crippen LogP contribution is -2.34. The highest BCUT2D eigenvalue weighted by molar-refractivity contribution is 5.51. The van der Waals surface area contributed by atoms with Gasteiger partial charge in [-0.2, -0.15) is 0 Å². The molecule has 20 heavy (non-hydrogen) atoms. The Morgan fingerprint density at radius 1 is 1.10 bits per heavy atom. The largest absolute Gasteiger partial charge is 0.507 e. The van der Waals surface area contributed by atoms with E-state index in [1.807, 2.05) is 19.1 Å². The molecule has 1 rings (SSSR count). The minimum absolute atomic E-state index is 0.0452. The summed E-state index contributed by atoms with van der Waals surface area (Å²) in [5, 5.41) is 10.7. The molecule has 114 valence electrons. The Balaban J connectivity index is 3.53. The third-order valence-corrected chi connectivity index (χ3v) is 4.59. The molecular weight excluding hydrogens is 248 g/mol. The van der Waals surface area contributed by atoms with Crippen molar-refractivity contribution >= 4 is 0 Å². The molecule has 0 heterocycles. The number of rotatable bonds is 4. The standard InChI is InChI=1S/C18H30O2/c1-9-20-13-10-14(12(2)3)16(19)15(11-13)18(7,8)17(4,5)6/h10-12,19H,9H2,1-8H3. The fourth-order valence-corrected chi connectivity index (χ4v) is 2.20. The summed E-state index contributed by atoms with van der Waals surface area (Å²) in [5.74, 6) is 1.54. The molecule has 0 radical (unpaired) electrons. The first-order chi connectivity index (χ1) is 9.02. The first-order valence-electron chi connectivity index (χ1n) is 7.52. The fourth-order valence-electron chi connectivity index (χ4n) is 2.20. The van der Waals surface area contributed by atoms with Crippen molar-refractivity contribution < 1.29 is 9.84 Å². The van der Waals surface area contributed by atoms with Gasteiger partial charge >= 0.3 is 0 Å². The second kappa shape index (κ2) is 5.67.